The van der Waals surface area contributed by atoms with E-state index in [-0.39, 0.29) is 10.8 Å². The van der Waals surface area contributed by atoms with E-state index in [4.69, 9.17) is 11.6 Å². The van der Waals surface area contributed by atoms with E-state index >= 15 is 0 Å². The Morgan fingerprint density at radius 3 is 2.52 bits per heavy atom. The predicted octanol–water partition coefficient (Wildman–Crippen LogP) is 4.62. The fourth-order valence-corrected chi connectivity index (χ4v) is 5.92. The Balaban J connectivity index is 1.49. The third-order valence-electron chi connectivity index (χ3n) is 5.09. The largest absolute Gasteiger partial charge is 0.298 e. The fraction of sp³-hybridized carbons (Fsp3) is 0.300. The lowest BCUT2D eigenvalue weighted by molar-refractivity contribution is 0.102. The number of aromatic nitrogens is 1. The first kappa shape index (κ1) is 20.3. The van der Waals surface area contributed by atoms with Gasteiger partial charge in [-0.05, 0) is 55.2 Å². The molecule has 1 aromatic heterocycles. The summed E-state index contributed by atoms with van der Waals surface area (Å²) >= 11 is 7.46. The second-order valence-corrected chi connectivity index (χ2v) is 10.5. The number of rotatable bonds is 4. The summed E-state index contributed by atoms with van der Waals surface area (Å²) < 4.78 is 28.0. The molecule has 152 valence electrons. The van der Waals surface area contributed by atoms with E-state index in [1.807, 2.05) is 12.1 Å². The summed E-state index contributed by atoms with van der Waals surface area (Å²) in [6.45, 7) is 3.20. The van der Waals surface area contributed by atoms with Crippen LogP contribution in [0.2, 0.25) is 5.02 Å². The van der Waals surface area contributed by atoms with Crippen LogP contribution in [0.4, 0.5) is 5.13 Å². The van der Waals surface area contributed by atoms with Crippen molar-refractivity contribution in [2.75, 3.05) is 18.4 Å². The van der Waals surface area contributed by atoms with Gasteiger partial charge in [-0.25, -0.2) is 13.4 Å². The highest BCUT2D eigenvalue weighted by Crippen LogP contribution is 2.31. The molecule has 2 aromatic carbocycles. The number of para-hydroxylation sites is 1. The molecule has 1 saturated heterocycles. The van der Waals surface area contributed by atoms with Crippen LogP contribution >= 0.6 is 22.9 Å². The topological polar surface area (TPSA) is 79.4 Å². The maximum Gasteiger partial charge on any atom is 0.257 e. The number of hydrogen-bond acceptors (Lipinski definition) is 5. The Morgan fingerprint density at radius 2 is 1.86 bits per heavy atom. The van der Waals surface area contributed by atoms with Gasteiger partial charge in [-0.15, -0.1) is 0 Å². The van der Waals surface area contributed by atoms with Gasteiger partial charge in [-0.2, -0.15) is 4.31 Å². The number of thiazole rings is 1. The van der Waals surface area contributed by atoms with Crippen molar-refractivity contribution in [2.24, 2.45) is 5.92 Å². The summed E-state index contributed by atoms with van der Waals surface area (Å²) in [6, 6.07) is 11.5. The summed E-state index contributed by atoms with van der Waals surface area (Å²) in [7, 11) is -3.53. The number of piperidine rings is 1. The molecule has 1 N–H and O–H groups in total. The monoisotopic (exact) mass is 449 g/mol. The standard InChI is InChI=1S/C20H20ClN3O3S2/c1-13-9-11-24(12-10-13)29(26,27)15-7-5-14(6-8-15)19(25)23-20-22-18-16(21)3-2-4-17(18)28-20/h2-8,13H,9-12H2,1H3,(H,22,23,25). The third-order valence-corrected chi connectivity index (χ3v) is 8.24. The molecule has 0 atom stereocenters. The number of nitrogens with one attached hydrogen (secondary N) is 1. The minimum Gasteiger partial charge on any atom is -0.298 e. The molecule has 4 rings (SSSR count). The van der Waals surface area contributed by atoms with Crippen molar-refractivity contribution in [3.8, 4) is 0 Å². The quantitative estimate of drug-likeness (QED) is 0.630. The molecule has 29 heavy (non-hydrogen) atoms. The van der Waals surface area contributed by atoms with Gasteiger partial charge in [-0.3, -0.25) is 10.1 Å². The molecule has 1 amide bonds. The number of halogens is 1. The first-order valence-electron chi connectivity index (χ1n) is 9.31. The number of nitrogens with zero attached hydrogens (tertiary/aromatic N) is 2. The number of amides is 1. The van der Waals surface area contributed by atoms with Crippen LogP contribution in [0.3, 0.4) is 0 Å². The van der Waals surface area contributed by atoms with Gasteiger partial charge in [0, 0.05) is 18.7 Å². The molecule has 3 aromatic rings. The van der Waals surface area contributed by atoms with Crippen molar-refractivity contribution in [3.05, 3.63) is 53.1 Å². The molecule has 0 bridgehead atoms. The molecule has 2 heterocycles. The first-order valence-corrected chi connectivity index (χ1v) is 11.9. The highest BCUT2D eigenvalue weighted by atomic mass is 35.5. The fourth-order valence-electron chi connectivity index (χ4n) is 3.29. The number of fused-ring (bicyclic) bond motifs is 1. The molecule has 1 aliphatic heterocycles. The minimum absolute atomic E-state index is 0.204. The number of benzene rings is 2. The van der Waals surface area contributed by atoms with Crippen molar-refractivity contribution < 1.29 is 13.2 Å². The van der Waals surface area contributed by atoms with Crippen LogP contribution in [0.15, 0.2) is 47.4 Å². The van der Waals surface area contributed by atoms with Gasteiger partial charge in [-0.1, -0.05) is 35.9 Å². The number of hydrogen-bond donors (Lipinski definition) is 1. The van der Waals surface area contributed by atoms with Gasteiger partial charge in [0.1, 0.15) is 5.52 Å². The summed E-state index contributed by atoms with van der Waals surface area (Å²) in [5.74, 6) is 0.195. The van der Waals surface area contributed by atoms with E-state index in [2.05, 4.69) is 17.2 Å². The summed E-state index contributed by atoms with van der Waals surface area (Å²) in [6.07, 6.45) is 1.73. The average molecular weight is 450 g/mol. The smallest absolute Gasteiger partial charge is 0.257 e. The minimum atomic E-state index is -3.53. The zero-order chi connectivity index (χ0) is 20.6. The molecule has 0 spiro atoms. The van der Waals surface area contributed by atoms with Gasteiger partial charge >= 0.3 is 0 Å². The predicted molar refractivity (Wildman–Crippen MR) is 116 cm³/mol. The lowest BCUT2D eigenvalue weighted by Gasteiger charge is -2.29. The summed E-state index contributed by atoms with van der Waals surface area (Å²) in [5, 5.41) is 3.72. The van der Waals surface area contributed by atoms with E-state index in [1.165, 1.54) is 39.9 Å². The normalized spacial score (nSPS) is 16.2. The highest BCUT2D eigenvalue weighted by molar-refractivity contribution is 7.89. The van der Waals surface area contributed by atoms with Crippen LogP contribution < -0.4 is 5.32 Å². The molecule has 6 nitrogen and oxygen atoms in total. The lowest BCUT2D eigenvalue weighted by Crippen LogP contribution is -2.37. The molecule has 9 heteroatoms. The van der Waals surface area contributed by atoms with Crippen molar-refractivity contribution >= 4 is 54.2 Å². The summed E-state index contributed by atoms with van der Waals surface area (Å²) in [4.78, 5) is 17.1. The van der Waals surface area contributed by atoms with Crippen molar-refractivity contribution in [1.29, 1.82) is 0 Å². The Kier molecular flexibility index (Phi) is 5.61. The molecular formula is C20H20ClN3O3S2. The molecule has 0 radical (unpaired) electrons. The van der Waals surface area contributed by atoms with Crippen molar-refractivity contribution in [1.82, 2.24) is 9.29 Å². The summed E-state index contributed by atoms with van der Waals surface area (Å²) in [5.41, 5.74) is 1.01. The highest BCUT2D eigenvalue weighted by Gasteiger charge is 2.28. The van der Waals surface area contributed by atoms with Gasteiger partial charge in [0.25, 0.3) is 5.91 Å². The Labute approximate surface area is 178 Å². The van der Waals surface area contributed by atoms with Crippen LogP contribution in [0.5, 0.6) is 0 Å². The Morgan fingerprint density at radius 1 is 1.17 bits per heavy atom. The Bertz CT molecular complexity index is 1150. The van der Waals surface area contributed by atoms with Crippen LogP contribution in [0, 0.1) is 5.92 Å². The molecule has 0 unspecified atom stereocenters. The number of anilines is 1. The molecule has 1 fully saturated rings. The van der Waals surface area contributed by atoms with E-state index in [0.29, 0.717) is 40.2 Å². The maximum absolute atomic E-state index is 12.8. The zero-order valence-electron chi connectivity index (χ0n) is 15.8. The number of sulfonamides is 1. The van der Waals surface area contributed by atoms with E-state index < -0.39 is 10.0 Å². The van der Waals surface area contributed by atoms with E-state index in [9.17, 15) is 13.2 Å². The molecule has 0 aliphatic carbocycles. The van der Waals surface area contributed by atoms with Gasteiger partial charge < -0.3 is 0 Å². The second kappa shape index (κ2) is 8.02. The van der Waals surface area contributed by atoms with Gasteiger partial charge in [0.15, 0.2) is 5.13 Å². The number of carbonyl (C=O) groups excluding carboxylic acids is 1. The van der Waals surface area contributed by atoms with E-state index in [0.717, 1.165) is 17.5 Å². The third kappa shape index (κ3) is 4.16. The van der Waals surface area contributed by atoms with Crippen molar-refractivity contribution in [3.63, 3.8) is 0 Å². The van der Waals surface area contributed by atoms with Crippen molar-refractivity contribution in [2.45, 2.75) is 24.7 Å². The van der Waals surface area contributed by atoms with Crippen LogP contribution in [0.25, 0.3) is 10.2 Å². The zero-order valence-corrected chi connectivity index (χ0v) is 18.1. The first-order chi connectivity index (χ1) is 13.8. The second-order valence-electron chi connectivity index (χ2n) is 7.17. The number of carbonyl (C=O) groups is 1. The van der Waals surface area contributed by atoms with Gasteiger partial charge in [0.2, 0.25) is 10.0 Å². The maximum atomic E-state index is 12.8. The van der Waals surface area contributed by atoms with Crippen LogP contribution in [0.1, 0.15) is 30.1 Å². The lowest BCUT2D eigenvalue weighted by atomic mass is 10.0. The van der Waals surface area contributed by atoms with Gasteiger partial charge in [0.05, 0.1) is 14.6 Å². The Hall–Kier alpha value is -2.00. The molecule has 0 saturated carbocycles. The SMILES string of the molecule is CC1CCN(S(=O)(=O)c2ccc(C(=O)Nc3nc4c(Cl)cccc4s3)cc2)CC1. The van der Waals surface area contributed by atoms with E-state index in [1.54, 1.807) is 6.07 Å². The molecule has 1 aliphatic rings. The molecular weight excluding hydrogens is 430 g/mol. The van der Waals surface area contributed by atoms with Crippen LogP contribution in [-0.2, 0) is 10.0 Å². The van der Waals surface area contributed by atoms with Crippen LogP contribution in [-0.4, -0.2) is 36.7 Å². The average Bonchev–Trinajstić information content (AvgIpc) is 3.12.